The predicted octanol–water partition coefficient (Wildman–Crippen LogP) is 3.03. The number of ether oxygens (including phenoxy) is 1. The van der Waals surface area contributed by atoms with E-state index in [9.17, 15) is 4.39 Å². The Labute approximate surface area is 126 Å². The van der Waals surface area contributed by atoms with E-state index < -0.39 is 0 Å². The molecule has 1 aromatic heterocycles. The Bertz CT molecular complexity index is 600. The molecule has 0 spiro atoms. The highest BCUT2D eigenvalue weighted by atomic mass is 79.9. The van der Waals surface area contributed by atoms with Crippen molar-refractivity contribution in [3.8, 4) is 5.75 Å². The van der Waals surface area contributed by atoms with E-state index in [1.807, 2.05) is 14.0 Å². The molecule has 0 amide bonds. The van der Waals surface area contributed by atoms with Crippen LogP contribution in [0.25, 0.3) is 0 Å². The summed E-state index contributed by atoms with van der Waals surface area (Å²) >= 11 is 3.23. The van der Waals surface area contributed by atoms with Crippen molar-refractivity contribution in [2.75, 3.05) is 13.7 Å². The van der Waals surface area contributed by atoms with Gasteiger partial charge in [-0.05, 0) is 40.2 Å². The Morgan fingerprint density at radius 2 is 2.25 bits per heavy atom. The summed E-state index contributed by atoms with van der Waals surface area (Å²) in [5, 5.41) is 7.60. The van der Waals surface area contributed by atoms with Gasteiger partial charge < -0.3 is 10.1 Å². The number of aromatic nitrogens is 2. The SMILES string of the molecule is CCNC(c1ccc(F)c(Br)c1)c1c(OC)cnn1C. The molecule has 0 saturated heterocycles. The van der Waals surface area contributed by atoms with Gasteiger partial charge in [0.25, 0.3) is 0 Å². The Morgan fingerprint density at radius 1 is 1.50 bits per heavy atom. The Morgan fingerprint density at radius 3 is 2.85 bits per heavy atom. The maximum absolute atomic E-state index is 13.4. The second-order valence-corrected chi connectivity index (χ2v) is 5.24. The molecule has 1 unspecified atom stereocenters. The maximum Gasteiger partial charge on any atom is 0.161 e. The molecule has 4 nitrogen and oxygen atoms in total. The van der Waals surface area contributed by atoms with E-state index >= 15 is 0 Å². The molecule has 0 radical (unpaired) electrons. The van der Waals surface area contributed by atoms with Crippen molar-refractivity contribution in [2.45, 2.75) is 13.0 Å². The number of nitrogens with one attached hydrogen (secondary N) is 1. The molecule has 108 valence electrons. The van der Waals surface area contributed by atoms with Crippen LogP contribution in [-0.2, 0) is 7.05 Å². The lowest BCUT2D eigenvalue weighted by Gasteiger charge is -2.20. The third-order valence-corrected chi connectivity index (χ3v) is 3.74. The molecule has 0 aliphatic rings. The van der Waals surface area contributed by atoms with Gasteiger partial charge in [-0.3, -0.25) is 4.68 Å². The molecule has 1 heterocycles. The van der Waals surface area contributed by atoms with E-state index in [1.165, 1.54) is 6.07 Å². The lowest BCUT2D eigenvalue weighted by Crippen LogP contribution is -2.24. The number of hydrogen-bond donors (Lipinski definition) is 1. The third kappa shape index (κ3) is 2.86. The quantitative estimate of drug-likeness (QED) is 0.908. The zero-order valence-corrected chi connectivity index (χ0v) is 13.2. The fourth-order valence-electron chi connectivity index (χ4n) is 2.18. The number of rotatable bonds is 5. The van der Waals surface area contributed by atoms with Gasteiger partial charge in [-0.25, -0.2) is 4.39 Å². The summed E-state index contributed by atoms with van der Waals surface area (Å²) in [5.41, 5.74) is 1.86. The van der Waals surface area contributed by atoms with Crippen molar-refractivity contribution < 1.29 is 9.13 Å². The average Bonchev–Trinajstić information content (AvgIpc) is 2.80. The van der Waals surface area contributed by atoms with Crippen LogP contribution in [0.5, 0.6) is 5.75 Å². The normalized spacial score (nSPS) is 12.4. The topological polar surface area (TPSA) is 39.1 Å². The van der Waals surface area contributed by atoms with Crippen molar-refractivity contribution in [2.24, 2.45) is 7.05 Å². The van der Waals surface area contributed by atoms with E-state index in [0.29, 0.717) is 10.2 Å². The van der Waals surface area contributed by atoms with Gasteiger partial charge in [0.1, 0.15) is 11.5 Å². The minimum absolute atomic E-state index is 0.112. The van der Waals surface area contributed by atoms with Gasteiger partial charge in [-0.1, -0.05) is 13.0 Å². The summed E-state index contributed by atoms with van der Waals surface area (Å²) in [4.78, 5) is 0. The minimum Gasteiger partial charge on any atom is -0.493 e. The van der Waals surface area contributed by atoms with Crippen molar-refractivity contribution in [3.63, 3.8) is 0 Å². The minimum atomic E-state index is -0.277. The van der Waals surface area contributed by atoms with Crippen LogP contribution in [0.1, 0.15) is 24.2 Å². The molecule has 0 aliphatic carbocycles. The largest absolute Gasteiger partial charge is 0.493 e. The van der Waals surface area contributed by atoms with Gasteiger partial charge in [0.2, 0.25) is 0 Å². The van der Waals surface area contributed by atoms with Gasteiger partial charge in [0.05, 0.1) is 23.8 Å². The first-order chi connectivity index (χ1) is 9.58. The van der Waals surface area contributed by atoms with Crippen molar-refractivity contribution in [1.29, 1.82) is 0 Å². The molecule has 0 fully saturated rings. The Kier molecular flexibility index (Phi) is 4.77. The molecule has 1 aromatic carbocycles. The number of aryl methyl sites for hydroxylation is 1. The van der Waals surface area contributed by atoms with Gasteiger partial charge in [0, 0.05) is 7.05 Å². The van der Waals surface area contributed by atoms with E-state index in [4.69, 9.17) is 4.74 Å². The molecule has 1 atom stereocenters. The van der Waals surface area contributed by atoms with E-state index in [1.54, 1.807) is 30.1 Å². The van der Waals surface area contributed by atoms with Crippen molar-refractivity contribution in [3.05, 3.63) is 45.9 Å². The summed E-state index contributed by atoms with van der Waals surface area (Å²) in [6, 6.07) is 4.88. The highest BCUT2D eigenvalue weighted by Gasteiger charge is 2.22. The summed E-state index contributed by atoms with van der Waals surface area (Å²) in [5.74, 6) is 0.430. The third-order valence-electron chi connectivity index (χ3n) is 3.13. The molecule has 6 heteroatoms. The fourth-order valence-corrected chi connectivity index (χ4v) is 2.58. The molecular formula is C14H17BrFN3O. The lowest BCUT2D eigenvalue weighted by molar-refractivity contribution is 0.401. The molecular weight excluding hydrogens is 325 g/mol. The Balaban J connectivity index is 2.49. The maximum atomic E-state index is 13.4. The second-order valence-electron chi connectivity index (χ2n) is 4.39. The number of nitrogens with zero attached hydrogens (tertiary/aromatic N) is 2. The number of methoxy groups -OCH3 is 1. The van der Waals surface area contributed by atoms with Crippen molar-refractivity contribution in [1.82, 2.24) is 15.1 Å². The molecule has 2 aromatic rings. The van der Waals surface area contributed by atoms with Crippen LogP contribution in [0.2, 0.25) is 0 Å². The summed E-state index contributed by atoms with van der Waals surface area (Å²) in [6.07, 6.45) is 1.68. The number of hydrogen-bond acceptors (Lipinski definition) is 3. The van der Waals surface area contributed by atoms with E-state index in [0.717, 1.165) is 17.8 Å². The molecule has 1 N–H and O–H groups in total. The van der Waals surface area contributed by atoms with Crippen LogP contribution in [0, 0.1) is 5.82 Å². The lowest BCUT2D eigenvalue weighted by atomic mass is 10.0. The van der Waals surface area contributed by atoms with Crippen LogP contribution >= 0.6 is 15.9 Å². The standard InChI is InChI=1S/C14H17BrFN3O/c1-4-17-13(9-5-6-11(16)10(15)7-9)14-12(20-3)8-18-19(14)2/h5-8,13,17H,4H2,1-3H3. The van der Waals surface area contributed by atoms with Crippen LogP contribution < -0.4 is 10.1 Å². The monoisotopic (exact) mass is 341 g/mol. The van der Waals surface area contributed by atoms with Crippen LogP contribution in [0.15, 0.2) is 28.9 Å². The fraction of sp³-hybridized carbons (Fsp3) is 0.357. The summed E-state index contributed by atoms with van der Waals surface area (Å²) < 4.78 is 21.0. The highest BCUT2D eigenvalue weighted by Crippen LogP contribution is 2.31. The summed E-state index contributed by atoms with van der Waals surface area (Å²) in [7, 11) is 3.48. The van der Waals surface area contributed by atoms with Gasteiger partial charge in [-0.15, -0.1) is 0 Å². The smallest absolute Gasteiger partial charge is 0.161 e. The predicted molar refractivity (Wildman–Crippen MR) is 79.4 cm³/mol. The zero-order valence-electron chi connectivity index (χ0n) is 11.7. The molecule has 20 heavy (non-hydrogen) atoms. The molecule has 2 rings (SSSR count). The second kappa shape index (κ2) is 6.37. The van der Waals surface area contributed by atoms with Crippen LogP contribution in [0.4, 0.5) is 4.39 Å². The van der Waals surface area contributed by atoms with Crippen molar-refractivity contribution >= 4 is 15.9 Å². The first-order valence-corrected chi connectivity index (χ1v) is 7.12. The Hall–Kier alpha value is -1.40. The van der Waals surface area contributed by atoms with Gasteiger partial charge in [-0.2, -0.15) is 5.10 Å². The molecule has 0 aliphatic heterocycles. The number of halogens is 2. The molecule has 0 saturated carbocycles. The average molecular weight is 342 g/mol. The highest BCUT2D eigenvalue weighted by molar-refractivity contribution is 9.10. The number of benzene rings is 1. The van der Waals surface area contributed by atoms with Crippen LogP contribution in [0.3, 0.4) is 0 Å². The zero-order chi connectivity index (χ0) is 14.7. The molecule has 0 bridgehead atoms. The van der Waals surface area contributed by atoms with Gasteiger partial charge >= 0.3 is 0 Å². The van der Waals surface area contributed by atoms with Gasteiger partial charge in [0.15, 0.2) is 5.75 Å². The summed E-state index contributed by atoms with van der Waals surface area (Å²) in [6.45, 7) is 2.79. The first kappa shape index (κ1) is 15.0. The van der Waals surface area contributed by atoms with Crippen LogP contribution in [-0.4, -0.2) is 23.4 Å². The van der Waals surface area contributed by atoms with E-state index in [-0.39, 0.29) is 11.9 Å². The first-order valence-electron chi connectivity index (χ1n) is 6.32. The van der Waals surface area contributed by atoms with E-state index in [2.05, 4.69) is 26.3 Å².